The van der Waals surface area contributed by atoms with Crippen LogP contribution < -0.4 is 21.7 Å². The van der Waals surface area contributed by atoms with Gasteiger partial charge in [-0.2, -0.15) is 0 Å². The zero-order chi connectivity index (χ0) is 13.8. The Morgan fingerprint density at radius 2 is 1.89 bits per heavy atom. The molecule has 1 aromatic carbocycles. The van der Waals surface area contributed by atoms with Crippen LogP contribution in [0.4, 0.5) is 5.69 Å². The van der Waals surface area contributed by atoms with Gasteiger partial charge in [0.2, 0.25) is 11.8 Å². The van der Waals surface area contributed by atoms with Crippen LogP contribution >= 0.6 is 0 Å². The number of fused-ring (bicyclic) bond motifs is 1. The fourth-order valence-electron chi connectivity index (χ4n) is 2.39. The van der Waals surface area contributed by atoms with E-state index in [2.05, 4.69) is 11.4 Å². The van der Waals surface area contributed by atoms with Gasteiger partial charge in [0.15, 0.2) is 0 Å². The number of benzene rings is 1. The van der Waals surface area contributed by atoms with E-state index in [1.165, 1.54) is 5.56 Å². The number of anilines is 1. The first kappa shape index (κ1) is 13.4. The van der Waals surface area contributed by atoms with E-state index in [0.29, 0.717) is 0 Å². The maximum Gasteiger partial charge on any atom is 0.236 e. The summed E-state index contributed by atoms with van der Waals surface area (Å²) in [6.45, 7) is 1.63. The molecular formula is C13H18N4O2. The summed E-state index contributed by atoms with van der Waals surface area (Å²) in [7, 11) is 0. The summed E-state index contributed by atoms with van der Waals surface area (Å²) < 4.78 is 0. The van der Waals surface area contributed by atoms with Crippen molar-refractivity contribution in [2.45, 2.75) is 13.0 Å². The van der Waals surface area contributed by atoms with Gasteiger partial charge in [-0.3, -0.25) is 9.59 Å². The summed E-state index contributed by atoms with van der Waals surface area (Å²) in [5.74, 6) is -0.967. The highest BCUT2D eigenvalue weighted by Crippen LogP contribution is 2.26. The van der Waals surface area contributed by atoms with Gasteiger partial charge in [0.05, 0.1) is 13.1 Å². The van der Waals surface area contributed by atoms with Crippen molar-refractivity contribution >= 4 is 17.5 Å². The van der Waals surface area contributed by atoms with E-state index < -0.39 is 11.8 Å². The molecule has 0 bridgehead atoms. The average molecular weight is 262 g/mol. The van der Waals surface area contributed by atoms with Crippen LogP contribution in [0.5, 0.6) is 0 Å². The van der Waals surface area contributed by atoms with E-state index in [-0.39, 0.29) is 13.1 Å². The summed E-state index contributed by atoms with van der Waals surface area (Å²) in [6.07, 6.45) is 0.935. The Morgan fingerprint density at radius 3 is 2.53 bits per heavy atom. The molecule has 0 saturated heterocycles. The number of nitrogens with zero attached hydrogens (tertiary/aromatic N) is 1. The van der Waals surface area contributed by atoms with E-state index in [1.807, 2.05) is 12.1 Å². The van der Waals surface area contributed by atoms with E-state index in [9.17, 15) is 9.59 Å². The lowest BCUT2D eigenvalue weighted by molar-refractivity contribution is -0.117. The molecule has 6 nitrogen and oxygen atoms in total. The number of hydrogen-bond donors (Lipinski definition) is 3. The maximum atomic E-state index is 11.1. The number of nitrogens with two attached hydrogens (primary N) is 2. The van der Waals surface area contributed by atoms with Crippen LogP contribution in [0.25, 0.3) is 0 Å². The van der Waals surface area contributed by atoms with Gasteiger partial charge in [0, 0.05) is 12.2 Å². The smallest absolute Gasteiger partial charge is 0.236 e. The normalized spacial score (nSPS) is 13.7. The minimum absolute atomic E-state index is 0.0145. The Balaban J connectivity index is 2.35. The van der Waals surface area contributed by atoms with Crippen molar-refractivity contribution in [3.63, 3.8) is 0 Å². The number of primary amides is 2. The van der Waals surface area contributed by atoms with Crippen molar-refractivity contribution in [2.75, 3.05) is 24.5 Å². The lowest BCUT2D eigenvalue weighted by atomic mass is 9.98. The molecule has 1 aliphatic heterocycles. The fraction of sp³-hybridized carbons (Fsp3) is 0.385. The van der Waals surface area contributed by atoms with Crippen LogP contribution in [-0.2, 0) is 22.6 Å². The minimum atomic E-state index is -0.484. The average Bonchev–Trinajstić information content (AvgIpc) is 2.36. The lowest BCUT2D eigenvalue weighted by Gasteiger charge is -2.28. The molecule has 6 heteroatoms. The van der Waals surface area contributed by atoms with Crippen LogP contribution in [0, 0.1) is 0 Å². The Bertz CT molecular complexity index is 485. The van der Waals surface area contributed by atoms with Gasteiger partial charge >= 0.3 is 0 Å². The van der Waals surface area contributed by atoms with Gasteiger partial charge in [0.25, 0.3) is 0 Å². The molecule has 0 fully saturated rings. The molecule has 102 valence electrons. The first-order valence-corrected chi connectivity index (χ1v) is 6.21. The maximum absolute atomic E-state index is 11.1. The van der Waals surface area contributed by atoms with Crippen molar-refractivity contribution in [1.82, 2.24) is 5.32 Å². The molecule has 2 rings (SSSR count). The van der Waals surface area contributed by atoms with Crippen LogP contribution in [-0.4, -0.2) is 31.4 Å². The van der Waals surface area contributed by atoms with E-state index in [4.69, 9.17) is 11.5 Å². The Kier molecular flexibility index (Phi) is 4.01. The summed E-state index contributed by atoms with van der Waals surface area (Å²) in [5, 5.41) is 3.28. The zero-order valence-corrected chi connectivity index (χ0v) is 10.7. The highest BCUT2D eigenvalue weighted by atomic mass is 16.2. The molecular weight excluding hydrogens is 244 g/mol. The molecule has 1 heterocycles. The first-order valence-electron chi connectivity index (χ1n) is 6.21. The number of amides is 2. The monoisotopic (exact) mass is 262 g/mol. The number of nitrogens with one attached hydrogen (secondary N) is 1. The molecule has 0 atom stereocenters. The second-order valence-electron chi connectivity index (χ2n) is 4.63. The molecule has 5 N–H and O–H groups in total. The fourth-order valence-corrected chi connectivity index (χ4v) is 2.39. The molecule has 1 aliphatic rings. The van der Waals surface area contributed by atoms with Gasteiger partial charge < -0.3 is 21.7 Å². The molecule has 0 unspecified atom stereocenters. The minimum Gasteiger partial charge on any atom is -0.368 e. The number of rotatable bonds is 5. The number of hydrogen-bond acceptors (Lipinski definition) is 4. The van der Waals surface area contributed by atoms with Gasteiger partial charge in [0.1, 0.15) is 0 Å². The number of carbonyl (C=O) groups excluding carboxylic acids is 2. The number of carbonyl (C=O) groups is 2. The standard InChI is InChI=1S/C13H18N4O2/c14-12(18)7-17(8-13(15)19)11-3-1-2-9-4-5-16-6-10(9)11/h1-3,16H,4-8H2,(H2,14,18)(H2,15,19). The summed E-state index contributed by atoms with van der Waals surface area (Å²) in [6, 6.07) is 5.87. The van der Waals surface area contributed by atoms with Gasteiger partial charge in [-0.25, -0.2) is 0 Å². The van der Waals surface area contributed by atoms with E-state index in [1.54, 1.807) is 4.90 Å². The van der Waals surface area contributed by atoms with Gasteiger partial charge in [-0.15, -0.1) is 0 Å². The summed E-state index contributed by atoms with van der Waals surface area (Å²) in [5.41, 5.74) is 13.7. The largest absolute Gasteiger partial charge is 0.368 e. The second-order valence-corrected chi connectivity index (χ2v) is 4.63. The highest BCUT2D eigenvalue weighted by Gasteiger charge is 2.19. The predicted molar refractivity (Wildman–Crippen MR) is 72.5 cm³/mol. The lowest BCUT2D eigenvalue weighted by Crippen LogP contribution is -2.41. The molecule has 0 aliphatic carbocycles. The molecule has 19 heavy (non-hydrogen) atoms. The van der Waals surface area contributed by atoms with Gasteiger partial charge in [-0.1, -0.05) is 12.1 Å². The third kappa shape index (κ3) is 3.23. The second kappa shape index (κ2) is 5.71. The Hall–Kier alpha value is -2.08. The Labute approximate surface area is 111 Å². The summed E-state index contributed by atoms with van der Waals surface area (Å²) >= 11 is 0. The third-order valence-electron chi connectivity index (χ3n) is 3.16. The van der Waals surface area contributed by atoms with E-state index in [0.717, 1.165) is 30.8 Å². The molecule has 0 radical (unpaired) electrons. The van der Waals surface area contributed by atoms with Gasteiger partial charge in [-0.05, 0) is 30.2 Å². The molecule has 2 amide bonds. The quantitative estimate of drug-likeness (QED) is 0.640. The SMILES string of the molecule is NC(=O)CN(CC(N)=O)c1cccc2c1CNCC2. The first-order chi connectivity index (χ1) is 9.08. The molecule has 1 aromatic rings. The zero-order valence-electron chi connectivity index (χ0n) is 10.7. The summed E-state index contributed by atoms with van der Waals surface area (Å²) in [4.78, 5) is 23.9. The van der Waals surface area contributed by atoms with Crippen LogP contribution in [0.1, 0.15) is 11.1 Å². The Morgan fingerprint density at radius 1 is 1.21 bits per heavy atom. The van der Waals surface area contributed by atoms with Crippen molar-refractivity contribution in [3.05, 3.63) is 29.3 Å². The van der Waals surface area contributed by atoms with Crippen LogP contribution in [0.15, 0.2) is 18.2 Å². The van der Waals surface area contributed by atoms with Crippen molar-refractivity contribution in [1.29, 1.82) is 0 Å². The predicted octanol–water partition coefficient (Wildman–Crippen LogP) is -0.891. The van der Waals surface area contributed by atoms with Crippen LogP contribution in [0.2, 0.25) is 0 Å². The van der Waals surface area contributed by atoms with Crippen molar-refractivity contribution < 1.29 is 9.59 Å². The topological polar surface area (TPSA) is 101 Å². The van der Waals surface area contributed by atoms with Crippen molar-refractivity contribution in [2.24, 2.45) is 11.5 Å². The van der Waals surface area contributed by atoms with Crippen molar-refractivity contribution in [3.8, 4) is 0 Å². The van der Waals surface area contributed by atoms with Crippen LogP contribution in [0.3, 0.4) is 0 Å². The molecule has 0 aromatic heterocycles. The molecule has 0 saturated carbocycles. The van der Waals surface area contributed by atoms with E-state index >= 15 is 0 Å². The third-order valence-corrected chi connectivity index (χ3v) is 3.16. The highest BCUT2D eigenvalue weighted by molar-refractivity contribution is 5.85. The molecule has 0 spiro atoms.